The van der Waals surface area contributed by atoms with Crippen LogP contribution in [0.3, 0.4) is 0 Å². The van der Waals surface area contributed by atoms with Crippen LogP contribution in [-0.2, 0) is 0 Å². The summed E-state index contributed by atoms with van der Waals surface area (Å²) in [6.07, 6.45) is 5.09. The number of tetrazole rings is 1. The van der Waals surface area contributed by atoms with Crippen molar-refractivity contribution in [1.82, 2.24) is 25.5 Å². The molecule has 1 amide bonds. The molecule has 24 heavy (non-hydrogen) atoms. The number of carbonyl (C=O) groups is 1. The lowest BCUT2D eigenvalue weighted by Gasteiger charge is -2.39. The summed E-state index contributed by atoms with van der Waals surface area (Å²) in [5.41, 5.74) is 1.90. The zero-order chi connectivity index (χ0) is 16.9. The predicted octanol–water partition coefficient (Wildman–Crippen LogP) is 2.61. The molecular weight excluding hydrogens is 302 g/mol. The zero-order valence-electron chi connectivity index (χ0n) is 14.4. The lowest BCUT2D eigenvalue weighted by atomic mass is 9.69. The highest BCUT2D eigenvalue weighted by atomic mass is 16.1. The minimum atomic E-state index is -0.0144. The summed E-state index contributed by atoms with van der Waals surface area (Å²) in [6, 6.07) is 7.65. The van der Waals surface area contributed by atoms with E-state index in [1.165, 1.54) is 19.2 Å². The lowest BCUT2D eigenvalue weighted by Crippen LogP contribution is -2.46. The molecule has 2 fully saturated rings. The zero-order valence-corrected chi connectivity index (χ0v) is 14.4. The summed E-state index contributed by atoms with van der Waals surface area (Å²) in [7, 11) is 0. The van der Waals surface area contributed by atoms with Crippen molar-refractivity contribution in [3.05, 3.63) is 36.2 Å². The van der Waals surface area contributed by atoms with E-state index in [4.69, 9.17) is 0 Å². The van der Waals surface area contributed by atoms with E-state index in [2.05, 4.69) is 41.6 Å². The first-order valence-corrected chi connectivity index (χ1v) is 8.56. The molecule has 6 heteroatoms. The van der Waals surface area contributed by atoms with E-state index in [0.29, 0.717) is 16.9 Å². The Kier molecular flexibility index (Phi) is 3.27. The van der Waals surface area contributed by atoms with Gasteiger partial charge in [-0.1, -0.05) is 26.8 Å². The highest BCUT2D eigenvalue weighted by molar-refractivity contribution is 5.95. The first-order valence-electron chi connectivity index (χ1n) is 8.56. The fraction of sp³-hybridized carbons (Fsp3) is 0.556. The molecule has 1 heterocycles. The molecule has 4 rings (SSSR count). The summed E-state index contributed by atoms with van der Waals surface area (Å²) in [5, 5.41) is 14.4. The van der Waals surface area contributed by atoms with E-state index < -0.39 is 0 Å². The minimum Gasteiger partial charge on any atom is -0.349 e. The van der Waals surface area contributed by atoms with Crippen molar-refractivity contribution in [2.24, 2.45) is 16.7 Å². The Labute approximate surface area is 141 Å². The Balaban J connectivity index is 1.55. The van der Waals surface area contributed by atoms with Crippen LogP contribution in [0.15, 0.2) is 30.6 Å². The van der Waals surface area contributed by atoms with Crippen LogP contribution >= 0.6 is 0 Å². The molecule has 2 aromatic rings. The van der Waals surface area contributed by atoms with Gasteiger partial charge in [-0.15, -0.1) is 5.10 Å². The average molecular weight is 325 g/mol. The number of aromatic nitrogens is 4. The van der Waals surface area contributed by atoms with Gasteiger partial charge in [-0.3, -0.25) is 4.79 Å². The first kappa shape index (κ1) is 15.3. The van der Waals surface area contributed by atoms with Crippen LogP contribution in [0.2, 0.25) is 0 Å². The third-order valence-corrected chi connectivity index (χ3v) is 6.82. The van der Waals surface area contributed by atoms with Crippen molar-refractivity contribution in [2.75, 3.05) is 0 Å². The van der Waals surface area contributed by atoms with Gasteiger partial charge >= 0.3 is 0 Å². The number of fused-ring (bicyclic) bond motifs is 2. The van der Waals surface area contributed by atoms with E-state index >= 15 is 0 Å². The number of rotatable bonds is 3. The largest absolute Gasteiger partial charge is 0.349 e. The molecule has 126 valence electrons. The molecule has 0 radical (unpaired) electrons. The molecule has 1 aromatic heterocycles. The predicted molar refractivity (Wildman–Crippen MR) is 89.6 cm³/mol. The van der Waals surface area contributed by atoms with Gasteiger partial charge in [-0.05, 0) is 64.6 Å². The average Bonchev–Trinajstić information content (AvgIpc) is 3.22. The second kappa shape index (κ2) is 5.13. The fourth-order valence-electron chi connectivity index (χ4n) is 4.73. The molecule has 2 saturated carbocycles. The maximum atomic E-state index is 12.8. The Morgan fingerprint density at radius 3 is 2.79 bits per heavy atom. The van der Waals surface area contributed by atoms with Crippen molar-refractivity contribution in [1.29, 1.82) is 0 Å². The van der Waals surface area contributed by atoms with Gasteiger partial charge in [0, 0.05) is 11.6 Å². The number of nitrogens with zero attached hydrogens (tertiary/aromatic N) is 4. The third kappa shape index (κ3) is 2.08. The molecule has 2 aliphatic rings. The number of hydrogen-bond donors (Lipinski definition) is 1. The molecule has 0 unspecified atom stereocenters. The fourth-order valence-corrected chi connectivity index (χ4v) is 4.73. The van der Waals surface area contributed by atoms with Gasteiger partial charge in [0.15, 0.2) is 0 Å². The molecule has 6 nitrogen and oxygen atoms in total. The summed E-state index contributed by atoms with van der Waals surface area (Å²) >= 11 is 0. The summed E-state index contributed by atoms with van der Waals surface area (Å²) < 4.78 is 1.55. The van der Waals surface area contributed by atoms with Crippen molar-refractivity contribution < 1.29 is 4.79 Å². The first-order chi connectivity index (χ1) is 11.4. The Morgan fingerprint density at radius 2 is 2.17 bits per heavy atom. The maximum Gasteiger partial charge on any atom is 0.251 e. The quantitative estimate of drug-likeness (QED) is 0.941. The molecule has 0 saturated heterocycles. The third-order valence-electron chi connectivity index (χ3n) is 6.82. The SMILES string of the molecule is CC1(C)[C@H]2CC[C@@]1(C)[C@H](NC(=O)c1cccc(-n3cnnn3)c1)C2. The van der Waals surface area contributed by atoms with E-state index in [1.54, 1.807) is 4.68 Å². The lowest BCUT2D eigenvalue weighted by molar-refractivity contribution is 0.0826. The van der Waals surface area contributed by atoms with Crippen LogP contribution in [0, 0.1) is 16.7 Å². The Morgan fingerprint density at radius 1 is 1.33 bits per heavy atom. The summed E-state index contributed by atoms with van der Waals surface area (Å²) in [6.45, 7) is 7.05. The number of nitrogens with one attached hydrogen (secondary N) is 1. The highest BCUT2D eigenvalue weighted by Crippen LogP contribution is 2.65. The minimum absolute atomic E-state index is 0.0144. The Bertz CT molecular complexity index is 769. The van der Waals surface area contributed by atoms with Gasteiger partial charge in [0.1, 0.15) is 6.33 Å². The van der Waals surface area contributed by atoms with E-state index in [0.717, 1.165) is 12.1 Å². The molecule has 1 aromatic carbocycles. The standard InChI is InChI=1S/C18H23N5O/c1-17(2)13-7-8-18(17,3)15(10-13)20-16(24)12-5-4-6-14(9-12)23-11-19-21-22-23/h4-6,9,11,13,15H,7-8,10H2,1-3H3,(H,20,24)/t13-,15+,18-/m0/s1. The molecule has 3 atom stereocenters. The molecule has 1 N–H and O–H groups in total. The van der Waals surface area contributed by atoms with E-state index in [-0.39, 0.29) is 17.4 Å². The van der Waals surface area contributed by atoms with E-state index in [1.807, 2.05) is 24.3 Å². The van der Waals surface area contributed by atoms with Crippen LogP contribution in [-0.4, -0.2) is 32.2 Å². The van der Waals surface area contributed by atoms with Crippen LogP contribution in [0.25, 0.3) is 5.69 Å². The highest BCUT2D eigenvalue weighted by Gasteiger charge is 2.61. The van der Waals surface area contributed by atoms with Crippen molar-refractivity contribution in [3.63, 3.8) is 0 Å². The van der Waals surface area contributed by atoms with Gasteiger partial charge in [0.25, 0.3) is 5.91 Å². The molecule has 0 spiro atoms. The number of carbonyl (C=O) groups excluding carboxylic acids is 1. The van der Waals surface area contributed by atoms with Crippen LogP contribution in [0.4, 0.5) is 0 Å². The second-order valence-corrected chi connectivity index (χ2v) is 7.94. The second-order valence-electron chi connectivity index (χ2n) is 7.94. The monoisotopic (exact) mass is 325 g/mol. The normalized spacial score (nSPS) is 30.5. The topological polar surface area (TPSA) is 72.7 Å². The molecule has 0 aliphatic heterocycles. The van der Waals surface area contributed by atoms with Crippen LogP contribution in [0.5, 0.6) is 0 Å². The van der Waals surface area contributed by atoms with Crippen molar-refractivity contribution in [2.45, 2.75) is 46.1 Å². The molecular formula is C18H23N5O. The summed E-state index contributed by atoms with van der Waals surface area (Å²) in [4.78, 5) is 12.8. The van der Waals surface area contributed by atoms with Gasteiger partial charge < -0.3 is 5.32 Å². The molecule has 2 bridgehead atoms. The van der Waals surface area contributed by atoms with Gasteiger partial charge in [0.2, 0.25) is 0 Å². The van der Waals surface area contributed by atoms with Gasteiger partial charge in [-0.25, -0.2) is 4.68 Å². The van der Waals surface area contributed by atoms with Gasteiger partial charge in [0.05, 0.1) is 5.69 Å². The van der Waals surface area contributed by atoms with Crippen LogP contribution < -0.4 is 5.32 Å². The van der Waals surface area contributed by atoms with E-state index in [9.17, 15) is 4.79 Å². The smallest absolute Gasteiger partial charge is 0.251 e. The Hall–Kier alpha value is -2.24. The van der Waals surface area contributed by atoms with Crippen molar-refractivity contribution in [3.8, 4) is 5.69 Å². The van der Waals surface area contributed by atoms with Gasteiger partial charge in [-0.2, -0.15) is 0 Å². The maximum absolute atomic E-state index is 12.8. The molecule has 2 aliphatic carbocycles. The number of hydrogen-bond acceptors (Lipinski definition) is 4. The van der Waals surface area contributed by atoms with Crippen molar-refractivity contribution >= 4 is 5.91 Å². The number of amides is 1. The summed E-state index contributed by atoms with van der Waals surface area (Å²) in [5.74, 6) is 0.694. The number of benzene rings is 1. The van der Waals surface area contributed by atoms with Crippen LogP contribution in [0.1, 0.15) is 50.4 Å².